The van der Waals surface area contributed by atoms with Crippen LogP contribution in [0.5, 0.6) is 0 Å². The quantitative estimate of drug-likeness (QED) is 0.794. The third-order valence-electron chi connectivity index (χ3n) is 3.76. The lowest BCUT2D eigenvalue weighted by Crippen LogP contribution is -2.51. The smallest absolute Gasteiger partial charge is 0.326 e. The number of urea groups is 1. The van der Waals surface area contributed by atoms with Crippen molar-refractivity contribution in [2.45, 2.75) is 32.7 Å². The van der Waals surface area contributed by atoms with E-state index in [1.165, 1.54) is 0 Å². The first-order valence-corrected chi connectivity index (χ1v) is 6.92. The Labute approximate surface area is 114 Å². The molecule has 0 aliphatic carbocycles. The Balaban J connectivity index is 2.58. The molecule has 2 amide bonds. The maximum Gasteiger partial charge on any atom is 0.326 e. The van der Waals surface area contributed by atoms with Crippen molar-refractivity contribution in [1.29, 1.82) is 0 Å². The number of carbonyl (C=O) groups is 2. The van der Waals surface area contributed by atoms with Gasteiger partial charge in [0.05, 0.1) is 0 Å². The lowest BCUT2D eigenvalue weighted by molar-refractivity contribution is -0.140. The fourth-order valence-electron chi connectivity index (χ4n) is 2.16. The standard InChI is InChI=1S/C13H25N3O3/c1-4-10(2)11(12(17)18)14-13(19)16-7-5-6-15(3)8-9-16/h10-11H,4-9H2,1-3H3,(H,14,19)(H,17,18). The first kappa shape index (κ1) is 15.8. The number of amides is 2. The maximum atomic E-state index is 12.1. The second-order valence-corrected chi connectivity index (χ2v) is 5.29. The van der Waals surface area contributed by atoms with E-state index < -0.39 is 12.0 Å². The normalized spacial score (nSPS) is 20.5. The molecule has 1 fully saturated rings. The van der Waals surface area contributed by atoms with Gasteiger partial charge in [-0.25, -0.2) is 9.59 Å². The van der Waals surface area contributed by atoms with Gasteiger partial charge in [-0.15, -0.1) is 0 Å². The predicted molar refractivity (Wildman–Crippen MR) is 73.1 cm³/mol. The van der Waals surface area contributed by atoms with Gasteiger partial charge in [0.1, 0.15) is 6.04 Å². The van der Waals surface area contributed by atoms with Crippen LogP contribution in [0, 0.1) is 5.92 Å². The van der Waals surface area contributed by atoms with E-state index in [0.717, 1.165) is 25.9 Å². The molecule has 0 aromatic rings. The highest BCUT2D eigenvalue weighted by molar-refractivity contribution is 5.82. The number of likely N-dealkylation sites (N-methyl/N-ethyl adjacent to an activating group) is 1. The number of nitrogens with zero attached hydrogens (tertiary/aromatic N) is 2. The van der Waals surface area contributed by atoms with Crippen molar-refractivity contribution in [2.75, 3.05) is 33.2 Å². The molecule has 0 radical (unpaired) electrons. The predicted octanol–water partition coefficient (Wildman–Crippen LogP) is 0.833. The molecule has 2 N–H and O–H groups in total. The van der Waals surface area contributed by atoms with Gasteiger partial charge in [0.25, 0.3) is 0 Å². The lowest BCUT2D eigenvalue weighted by atomic mass is 9.99. The molecule has 2 atom stereocenters. The molecule has 0 aromatic heterocycles. The fourth-order valence-corrected chi connectivity index (χ4v) is 2.16. The Kier molecular flexibility index (Phi) is 6.08. The summed E-state index contributed by atoms with van der Waals surface area (Å²) in [5, 5.41) is 11.8. The van der Waals surface area contributed by atoms with Gasteiger partial charge in [0.2, 0.25) is 0 Å². The van der Waals surface area contributed by atoms with E-state index >= 15 is 0 Å². The van der Waals surface area contributed by atoms with E-state index in [9.17, 15) is 14.7 Å². The minimum absolute atomic E-state index is 0.0731. The van der Waals surface area contributed by atoms with Crippen molar-refractivity contribution in [1.82, 2.24) is 15.1 Å². The monoisotopic (exact) mass is 271 g/mol. The largest absolute Gasteiger partial charge is 0.480 e. The van der Waals surface area contributed by atoms with Gasteiger partial charge in [0, 0.05) is 19.6 Å². The van der Waals surface area contributed by atoms with Crippen LogP contribution < -0.4 is 5.32 Å². The van der Waals surface area contributed by atoms with E-state index in [1.807, 2.05) is 20.9 Å². The zero-order valence-electron chi connectivity index (χ0n) is 12.1. The number of carbonyl (C=O) groups excluding carboxylic acids is 1. The van der Waals surface area contributed by atoms with Gasteiger partial charge in [0.15, 0.2) is 0 Å². The summed E-state index contributed by atoms with van der Waals surface area (Å²) in [6.07, 6.45) is 1.64. The zero-order valence-corrected chi connectivity index (χ0v) is 12.1. The maximum absolute atomic E-state index is 12.1. The Morgan fingerprint density at radius 3 is 2.53 bits per heavy atom. The van der Waals surface area contributed by atoms with Gasteiger partial charge >= 0.3 is 12.0 Å². The molecular weight excluding hydrogens is 246 g/mol. The average molecular weight is 271 g/mol. The molecule has 1 saturated heterocycles. The molecule has 110 valence electrons. The third kappa shape index (κ3) is 4.70. The molecule has 6 nitrogen and oxygen atoms in total. The molecule has 1 heterocycles. The molecule has 1 aliphatic rings. The summed E-state index contributed by atoms with van der Waals surface area (Å²) in [4.78, 5) is 27.2. The highest BCUT2D eigenvalue weighted by Crippen LogP contribution is 2.09. The van der Waals surface area contributed by atoms with Crippen molar-refractivity contribution < 1.29 is 14.7 Å². The average Bonchev–Trinajstić information content (AvgIpc) is 2.59. The third-order valence-corrected chi connectivity index (χ3v) is 3.76. The van der Waals surface area contributed by atoms with Crippen molar-refractivity contribution >= 4 is 12.0 Å². The molecular formula is C13H25N3O3. The van der Waals surface area contributed by atoms with E-state index in [-0.39, 0.29) is 11.9 Å². The summed E-state index contributed by atoms with van der Waals surface area (Å²) in [5.41, 5.74) is 0. The number of carboxylic acid groups (broad SMARTS) is 1. The minimum Gasteiger partial charge on any atom is -0.480 e. The van der Waals surface area contributed by atoms with Crippen LogP contribution in [0.25, 0.3) is 0 Å². The summed E-state index contributed by atoms with van der Waals surface area (Å²) >= 11 is 0. The van der Waals surface area contributed by atoms with Crippen molar-refractivity contribution in [3.63, 3.8) is 0 Å². The Bertz CT molecular complexity index is 322. The van der Waals surface area contributed by atoms with E-state index in [0.29, 0.717) is 13.1 Å². The molecule has 0 bridgehead atoms. The van der Waals surface area contributed by atoms with Crippen LogP contribution in [0.2, 0.25) is 0 Å². The van der Waals surface area contributed by atoms with Crippen LogP contribution in [-0.4, -0.2) is 66.2 Å². The van der Waals surface area contributed by atoms with E-state index in [2.05, 4.69) is 10.2 Å². The molecule has 0 spiro atoms. The van der Waals surface area contributed by atoms with Crippen LogP contribution in [0.15, 0.2) is 0 Å². The molecule has 0 saturated carbocycles. The van der Waals surface area contributed by atoms with Gasteiger partial charge in [-0.1, -0.05) is 20.3 Å². The second kappa shape index (κ2) is 7.33. The number of hydrogen-bond acceptors (Lipinski definition) is 3. The summed E-state index contributed by atoms with van der Waals surface area (Å²) in [6.45, 7) is 6.90. The molecule has 1 rings (SSSR count). The lowest BCUT2D eigenvalue weighted by Gasteiger charge is -2.26. The van der Waals surface area contributed by atoms with Gasteiger partial charge in [-0.3, -0.25) is 0 Å². The van der Waals surface area contributed by atoms with Crippen LogP contribution in [-0.2, 0) is 4.79 Å². The molecule has 19 heavy (non-hydrogen) atoms. The SMILES string of the molecule is CCC(C)C(NC(=O)N1CCCN(C)CC1)C(=O)O. The van der Waals surface area contributed by atoms with E-state index in [4.69, 9.17) is 0 Å². The first-order chi connectivity index (χ1) is 8.95. The summed E-state index contributed by atoms with van der Waals surface area (Å²) in [6, 6.07) is -1.07. The summed E-state index contributed by atoms with van der Waals surface area (Å²) < 4.78 is 0. The fraction of sp³-hybridized carbons (Fsp3) is 0.846. The second-order valence-electron chi connectivity index (χ2n) is 5.29. The van der Waals surface area contributed by atoms with Crippen LogP contribution >= 0.6 is 0 Å². The Hall–Kier alpha value is -1.30. The Morgan fingerprint density at radius 1 is 1.26 bits per heavy atom. The van der Waals surface area contributed by atoms with Gasteiger partial charge in [-0.2, -0.15) is 0 Å². The van der Waals surface area contributed by atoms with Crippen LogP contribution in [0.4, 0.5) is 4.79 Å². The molecule has 0 aromatic carbocycles. The number of rotatable bonds is 4. The first-order valence-electron chi connectivity index (χ1n) is 6.92. The molecule has 1 aliphatic heterocycles. The van der Waals surface area contributed by atoms with Gasteiger partial charge < -0.3 is 20.2 Å². The number of aliphatic carboxylic acids is 1. The zero-order chi connectivity index (χ0) is 14.4. The molecule has 2 unspecified atom stereocenters. The number of nitrogens with one attached hydrogen (secondary N) is 1. The van der Waals surface area contributed by atoms with E-state index in [1.54, 1.807) is 4.90 Å². The number of hydrogen-bond donors (Lipinski definition) is 2. The van der Waals surface area contributed by atoms with Crippen molar-refractivity contribution in [3.05, 3.63) is 0 Å². The minimum atomic E-state index is -0.963. The van der Waals surface area contributed by atoms with Crippen LogP contribution in [0.1, 0.15) is 26.7 Å². The van der Waals surface area contributed by atoms with Crippen LogP contribution in [0.3, 0.4) is 0 Å². The van der Waals surface area contributed by atoms with Crippen molar-refractivity contribution in [2.24, 2.45) is 5.92 Å². The van der Waals surface area contributed by atoms with Gasteiger partial charge in [-0.05, 0) is 25.9 Å². The Morgan fingerprint density at radius 2 is 1.95 bits per heavy atom. The highest BCUT2D eigenvalue weighted by atomic mass is 16.4. The topological polar surface area (TPSA) is 72.9 Å². The number of carboxylic acids is 1. The molecule has 6 heteroatoms. The van der Waals surface area contributed by atoms with Crippen molar-refractivity contribution in [3.8, 4) is 0 Å². The highest BCUT2D eigenvalue weighted by Gasteiger charge is 2.27. The summed E-state index contributed by atoms with van der Waals surface area (Å²) in [5.74, 6) is -1.04. The summed E-state index contributed by atoms with van der Waals surface area (Å²) in [7, 11) is 2.03.